The van der Waals surface area contributed by atoms with Crippen LogP contribution in [0.15, 0.2) is 60.7 Å². The normalized spacial score (nSPS) is 10.4. The zero-order valence-corrected chi connectivity index (χ0v) is 17.1. The van der Waals surface area contributed by atoms with Gasteiger partial charge in [0.2, 0.25) is 0 Å². The third-order valence-electron chi connectivity index (χ3n) is 4.06. The van der Waals surface area contributed by atoms with Crippen molar-refractivity contribution in [2.24, 2.45) is 0 Å². The van der Waals surface area contributed by atoms with Gasteiger partial charge in [0.25, 0.3) is 11.6 Å². The Balaban J connectivity index is 1.56. The van der Waals surface area contributed by atoms with Crippen LogP contribution in [0.3, 0.4) is 0 Å². The summed E-state index contributed by atoms with van der Waals surface area (Å²) < 4.78 is 11.3. The molecular formula is C22H19ClN2O5. The molecule has 0 heterocycles. The van der Waals surface area contributed by atoms with Crippen LogP contribution in [-0.4, -0.2) is 17.4 Å². The average Bonchev–Trinajstić information content (AvgIpc) is 2.68. The number of hydrogen-bond donors (Lipinski definition) is 1. The Kier molecular flexibility index (Phi) is 6.54. The van der Waals surface area contributed by atoms with E-state index < -0.39 is 10.8 Å². The minimum Gasteiger partial charge on any atom is -0.484 e. The number of aryl methyl sites for hydroxylation is 2. The minimum absolute atomic E-state index is 0.150. The van der Waals surface area contributed by atoms with Gasteiger partial charge in [0, 0.05) is 12.1 Å². The number of carbonyl (C=O) groups is 1. The van der Waals surface area contributed by atoms with Crippen LogP contribution in [0.4, 0.5) is 11.4 Å². The lowest BCUT2D eigenvalue weighted by molar-refractivity contribution is -0.384. The lowest BCUT2D eigenvalue weighted by Crippen LogP contribution is -2.20. The Labute approximate surface area is 178 Å². The molecule has 0 bridgehead atoms. The molecule has 0 fully saturated rings. The SMILES string of the molecule is Cc1cc(C)cc(Oc2ccc(OCC(=O)Nc3cc([N+](=O)[O-])ccc3Cl)cc2)c1. The van der Waals surface area contributed by atoms with Crippen LogP contribution >= 0.6 is 11.6 Å². The van der Waals surface area contributed by atoms with Gasteiger partial charge in [-0.05, 0) is 67.4 Å². The predicted molar refractivity (Wildman–Crippen MR) is 115 cm³/mol. The third-order valence-corrected chi connectivity index (χ3v) is 4.39. The van der Waals surface area contributed by atoms with Gasteiger partial charge in [-0.2, -0.15) is 0 Å². The molecule has 0 aliphatic heterocycles. The molecule has 3 rings (SSSR count). The van der Waals surface area contributed by atoms with Crippen molar-refractivity contribution in [1.29, 1.82) is 0 Å². The number of nitro groups is 1. The molecule has 30 heavy (non-hydrogen) atoms. The fourth-order valence-corrected chi connectivity index (χ4v) is 2.95. The van der Waals surface area contributed by atoms with Gasteiger partial charge in [-0.3, -0.25) is 14.9 Å². The van der Waals surface area contributed by atoms with Crippen molar-refractivity contribution in [3.63, 3.8) is 0 Å². The Bertz CT molecular complexity index is 1060. The number of anilines is 1. The van der Waals surface area contributed by atoms with Gasteiger partial charge < -0.3 is 14.8 Å². The van der Waals surface area contributed by atoms with Crippen molar-refractivity contribution in [1.82, 2.24) is 0 Å². The van der Waals surface area contributed by atoms with Gasteiger partial charge >= 0.3 is 0 Å². The topological polar surface area (TPSA) is 90.7 Å². The second-order valence-electron chi connectivity index (χ2n) is 6.65. The van der Waals surface area contributed by atoms with E-state index in [2.05, 4.69) is 11.4 Å². The van der Waals surface area contributed by atoms with Crippen molar-refractivity contribution in [2.45, 2.75) is 13.8 Å². The van der Waals surface area contributed by atoms with Crippen LogP contribution < -0.4 is 14.8 Å². The number of hydrogen-bond acceptors (Lipinski definition) is 5. The maximum absolute atomic E-state index is 12.1. The van der Waals surface area contributed by atoms with Crippen molar-refractivity contribution in [2.75, 3.05) is 11.9 Å². The van der Waals surface area contributed by atoms with E-state index in [1.165, 1.54) is 18.2 Å². The Morgan fingerprint density at radius 2 is 1.60 bits per heavy atom. The largest absolute Gasteiger partial charge is 0.484 e. The van der Waals surface area contributed by atoms with Gasteiger partial charge in [0.15, 0.2) is 6.61 Å². The maximum atomic E-state index is 12.1. The highest BCUT2D eigenvalue weighted by Gasteiger charge is 2.12. The van der Waals surface area contributed by atoms with Crippen molar-refractivity contribution in [3.8, 4) is 17.2 Å². The molecule has 1 amide bonds. The third kappa shape index (κ3) is 5.71. The Morgan fingerprint density at radius 3 is 2.23 bits per heavy atom. The molecule has 154 valence electrons. The molecule has 8 heteroatoms. The number of non-ortho nitro benzene ring substituents is 1. The van der Waals surface area contributed by atoms with Gasteiger partial charge in [0.1, 0.15) is 17.2 Å². The van der Waals surface area contributed by atoms with Crippen LogP contribution in [-0.2, 0) is 4.79 Å². The quantitative estimate of drug-likeness (QED) is 0.388. The number of nitrogens with one attached hydrogen (secondary N) is 1. The van der Waals surface area contributed by atoms with Crippen LogP contribution in [0.2, 0.25) is 5.02 Å². The second kappa shape index (κ2) is 9.28. The highest BCUT2D eigenvalue weighted by molar-refractivity contribution is 6.33. The molecule has 3 aromatic carbocycles. The number of nitrogens with zero attached hydrogens (tertiary/aromatic N) is 1. The van der Waals surface area contributed by atoms with Gasteiger partial charge in [-0.1, -0.05) is 17.7 Å². The summed E-state index contributed by atoms with van der Waals surface area (Å²) >= 11 is 5.97. The van der Waals surface area contributed by atoms with Crippen molar-refractivity contribution < 1.29 is 19.2 Å². The molecule has 0 saturated carbocycles. The molecule has 0 aliphatic carbocycles. The van der Waals surface area contributed by atoms with E-state index in [-0.39, 0.29) is 23.0 Å². The summed E-state index contributed by atoms with van der Waals surface area (Å²) in [5.74, 6) is 1.37. The van der Waals surface area contributed by atoms with Crippen LogP contribution in [0.25, 0.3) is 0 Å². The smallest absolute Gasteiger partial charge is 0.271 e. The fraction of sp³-hybridized carbons (Fsp3) is 0.136. The minimum atomic E-state index is -0.565. The Hall–Kier alpha value is -3.58. The number of benzene rings is 3. The van der Waals surface area contributed by atoms with E-state index in [0.717, 1.165) is 16.9 Å². The van der Waals surface area contributed by atoms with E-state index in [0.29, 0.717) is 11.5 Å². The molecule has 7 nitrogen and oxygen atoms in total. The monoisotopic (exact) mass is 426 g/mol. The number of halogens is 1. The molecule has 0 saturated heterocycles. The van der Waals surface area contributed by atoms with E-state index in [4.69, 9.17) is 21.1 Å². The zero-order chi connectivity index (χ0) is 21.7. The summed E-state index contributed by atoms with van der Waals surface area (Å²) in [6.45, 7) is 3.72. The summed E-state index contributed by atoms with van der Waals surface area (Å²) in [6.07, 6.45) is 0. The maximum Gasteiger partial charge on any atom is 0.271 e. The highest BCUT2D eigenvalue weighted by atomic mass is 35.5. The van der Waals surface area contributed by atoms with Gasteiger partial charge in [0.05, 0.1) is 15.6 Å². The number of nitro benzene ring substituents is 1. The van der Waals surface area contributed by atoms with Crippen LogP contribution in [0, 0.1) is 24.0 Å². The van der Waals surface area contributed by atoms with Crippen LogP contribution in [0.1, 0.15) is 11.1 Å². The molecule has 0 aliphatic rings. The molecule has 1 N–H and O–H groups in total. The van der Waals surface area contributed by atoms with E-state index in [1.807, 2.05) is 26.0 Å². The van der Waals surface area contributed by atoms with Crippen molar-refractivity contribution >= 4 is 28.9 Å². The van der Waals surface area contributed by atoms with Crippen molar-refractivity contribution in [3.05, 3.63) is 86.9 Å². The first kappa shape index (κ1) is 21.1. The Morgan fingerprint density at radius 1 is 0.967 bits per heavy atom. The lowest BCUT2D eigenvalue weighted by atomic mass is 10.1. The summed E-state index contributed by atoms with van der Waals surface area (Å²) in [4.78, 5) is 22.4. The first-order valence-electron chi connectivity index (χ1n) is 9.03. The lowest BCUT2D eigenvalue weighted by Gasteiger charge is -2.10. The summed E-state index contributed by atoms with van der Waals surface area (Å²) in [5, 5.41) is 13.6. The number of amides is 1. The predicted octanol–water partition coefficient (Wildman–Crippen LogP) is 5.67. The fourth-order valence-electron chi connectivity index (χ4n) is 2.79. The van der Waals surface area contributed by atoms with Crippen LogP contribution in [0.5, 0.6) is 17.2 Å². The number of ether oxygens (including phenoxy) is 2. The van der Waals surface area contributed by atoms with E-state index in [9.17, 15) is 14.9 Å². The van der Waals surface area contributed by atoms with Gasteiger partial charge in [-0.15, -0.1) is 0 Å². The molecule has 0 atom stereocenters. The van der Waals surface area contributed by atoms with Gasteiger partial charge in [-0.25, -0.2) is 0 Å². The number of carbonyl (C=O) groups excluding carboxylic acids is 1. The molecule has 0 aromatic heterocycles. The average molecular weight is 427 g/mol. The van der Waals surface area contributed by atoms with E-state index >= 15 is 0 Å². The summed E-state index contributed by atoms with van der Waals surface area (Å²) in [7, 11) is 0. The summed E-state index contributed by atoms with van der Waals surface area (Å²) in [5.41, 5.74) is 2.20. The first-order chi connectivity index (χ1) is 14.3. The summed E-state index contributed by atoms with van der Waals surface area (Å²) in [6, 6.07) is 16.6. The first-order valence-corrected chi connectivity index (χ1v) is 9.41. The van der Waals surface area contributed by atoms with E-state index in [1.54, 1.807) is 24.3 Å². The molecule has 0 radical (unpaired) electrons. The molecule has 0 spiro atoms. The number of rotatable bonds is 7. The second-order valence-corrected chi connectivity index (χ2v) is 7.06. The standard InChI is InChI=1S/C22H19ClN2O5/c1-14-9-15(2)11-19(10-14)30-18-6-4-17(5-7-18)29-13-22(26)24-21-12-16(25(27)28)3-8-20(21)23/h3-12H,13H2,1-2H3,(H,24,26). The highest BCUT2D eigenvalue weighted by Crippen LogP contribution is 2.27. The molecular weight excluding hydrogens is 408 g/mol. The molecule has 3 aromatic rings. The molecule has 0 unspecified atom stereocenters. The zero-order valence-electron chi connectivity index (χ0n) is 16.3.